The number of likely N-dealkylation sites (tertiary alicyclic amines) is 2. The Kier molecular flexibility index (Phi) is 8.21. The highest BCUT2D eigenvalue weighted by atomic mass is 16.2. The lowest BCUT2D eigenvalue weighted by molar-refractivity contribution is -0.155. The average Bonchev–Trinajstić information content (AvgIpc) is 3.39. The fourth-order valence-electron chi connectivity index (χ4n) is 6.91. The highest BCUT2D eigenvalue weighted by Crippen LogP contribution is 2.38. The number of H-pyrrole nitrogens is 1. The van der Waals surface area contributed by atoms with E-state index in [-0.39, 0.29) is 11.7 Å². The van der Waals surface area contributed by atoms with Crippen molar-refractivity contribution < 1.29 is 9.59 Å². The van der Waals surface area contributed by atoms with Crippen molar-refractivity contribution in [3.63, 3.8) is 0 Å². The Morgan fingerprint density at radius 2 is 1.69 bits per heavy atom. The number of Topliss-reactive ketones (excluding diaryl/α,β-unsaturated/α-hetero) is 1. The third kappa shape index (κ3) is 5.15. The third-order valence-electron chi connectivity index (χ3n) is 9.15. The van der Waals surface area contributed by atoms with E-state index in [1.807, 2.05) is 48.7 Å². The summed E-state index contributed by atoms with van der Waals surface area (Å²) in [6.45, 7) is 7.65. The van der Waals surface area contributed by atoms with Crippen LogP contribution < -0.4 is 5.73 Å². The van der Waals surface area contributed by atoms with Crippen molar-refractivity contribution in [3.05, 3.63) is 71.4 Å². The van der Waals surface area contributed by atoms with Crippen LogP contribution >= 0.6 is 0 Å². The predicted molar refractivity (Wildman–Crippen MR) is 156 cm³/mol. The Morgan fingerprint density at radius 3 is 2.38 bits per heavy atom. The van der Waals surface area contributed by atoms with Gasteiger partial charge < -0.3 is 20.5 Å². The number of carbonyl (C=O) groups is 2. The maximum atomic E-state index is 14.6. The van der Waals surface area contributed by atoms with E-state index >= 15 is 0 Å². The van der Waals surface area contributed by atoms with E-state index in [0.717, 1.165) is 53.5 Å². The van der Waals surface area contributed by atoms with Crippen LogP contribution in [0.25, 0.3) is 10.9 Å². The van der Waals surface area contributed by atoms with Crippen LogP contribution in [0.3, 0.4) is 0 Å². The maximum Gasteiger partial charge on any atom is 0.252 e. The van der Waals surface area contributed by atoms with Gasteiger partial charge in [0.05, 0.1) is 6.04 Å². The Bertz CT molecular complexity index is 1300. The van der Waals surface area contributed by atoms with E-state index in [4.69, 9.17) is 5.73 Å². The highest BCUT2D eigenvalue weighted by molar-refractivity contribution is 6.11. The summed E-state index contributed by atoms with van der Waals surface area (Å²) >= 11 is 0. The minimum absolute atomic E-state index is 0.196. The van der Waals surface area contributed by atoms with Gasteiger partial charge in [0, 0.05) is 49.8 Å². The molecule has 2 saturated heterocycles. The molecular weight excluding hydrogens is 486 g/mol. The number of ketones is 1. The standard InChI is InChI=1S/C32H43N5O2/c1-23-11-5-6-12-25(23)22-35(3)31(39)32(24(2)38,30(33)28-21-34-29-14-8-7-13-27(28)29)37-19-15-26(16-20-37)36-17-9-4-10-18-36/h5-8,11-14,21,26,30,34H,4,9-10,15-20,22,33H2,1-3H3. The molecule has 3 heterocycles. The second-order valence-corrected chi connectivity index (χ2v) is 11.5. The molecule has 7 nitrogen and oxygen atoms in total. The second-order valence-electron chi connectivity index (χ2n) is 11.5. The van der Waals surface area contributed by atoms with Gasteiger partial charge in [-0.15, -0.1) is 0 Å². The summed E-state index contributed by atoms with van der Waals surface area (Å²) in [6, 6.07) is 15.7. The van der Waals surface area contributed by atoms with Gasteiger partial charge in [-0.3, -0.25) is 14.5 Å². The third-order valence-corrected chi connectivity index (χ3v) is 9.15. The molecule has 2 atom stereocenters. The Morgan fingerprint density at radius 1 is 1.03 bits per heavy atom. The number of fused-ring (bicyclic) bond motifs is 1. The first kappa shape index (κ1) is 27.6. The molecule has 208 valence electrons. The first-order valence-electron chi connectivity index (χ1n) is 14.5. The molecule has 0 bridgehead atoms. The highest BCUT2D eigenvalue weighted by Gasteiger charge is 2.56. The molecule has 5 rings (SSSR count). The molecule has 0 aliphatic carbocycles. The summed E-state index contributed by atoms with van der Waals surface area (Å²) in [5.41, 5.74) is 9.56. The number of nitrogens with two attached hydrogens (primary N) is 1. The summed E-state index contributed by atoms with van der Waals surface area (Å²) < 4.78 is 0. The lowest BCUT2D eigenvalue weighted by atomic mass is 9.78. The molecule has 0 radical (unpaired) electrons. The quantitative estimate of drug-likeness (QED) is 0.422. The predicted octanol–water partition coefficient (Wildman–Crippen LogP) is 4.41. The molecule has 1 aromatic heterocycles. The number of carbonyl (C=O) groups excluding carboxylic acids is 2. The Hall–Kier alpha value is -3.00. The van der Waals surface area contributed by atoms with E-state index in [9.17, 15) is 9.59 Å². The van der Waals surface area contributed by atoms with Gasteiger partial charge in [0.1, 0.15) is 0 Å². The number of aromatic nitrogens is 1. The van der Waals surface area contributed by atoms with Gasteiger partial charge in [0.15, 0.2) is 11.3 Å². The zero-order valence-corrected chi connectivity index (χ0v) is 23.7. The normalized spacial score (nSPS) is 20.0. The summed E-state index contributed by atoms with van der Waals surface area (Å²) in [5, 5.41) is 0.952. The monoisotopic (exact) mass is 529 g/mol. The maximum absolute atomic E-state index is 14.6. The minimum atomic E-state index is -1.49. The van der Waals surface area contributed by atoms with E-state index < -0.39 is 11.6 Å². The molecule has 2 aromatic carbocycles. The fourth-order valence-corrected chi connectivity index (χ4v) is 6.91. The number of nitrogens with one attached hydrogen (secondary N) is 1. The summed E-state index contributed by atoms with van der Waals surface area (Å²) in [4.78, 5) is 38.3. The number of amides is 1. The van der Waals surface area contributed by atoms with Gasteiger partial charge in [0.25, 0.3) is 5.91 Å². The molecule has 0 spiro atoms. The molecule has 2 aliphatic heterocycles. The van der Waals surface area contributed by atoms with Gasteiger partial charge >= 0.3 is 0 Å². The van der Waals surface area contributed by atoms with Gasteiger partial charge in [-0.25, -0.2) is 0 Å². The first-order chi connectivity index (χ1) is 18.8. The number of aryl methyl sites for hydroxylation is 1. The molecule has 2 aliphatic rings. The van der Waals surface area contributed by atoms with Crippen molar-refractivity contribution >= 4 is 22.6 Å². The lowest BCUT2D eigenvalue weighted by Gasteiger charge is -2.50. The zero-order chi connectivity index (χ0) is 27.6. The van der Waals surface area contributed by atoms with E-state index in [2.05, 4.69) is 27.8 Å². The first-order valence-corrected chi connectivity index (χ1v) is 14.5. The summed E-state index contributed by atoms with van der Waals surface area (Å²) in [5.74, 6) is -0.425. The number of aromatic amines is 1. The van der Waals surface area contributed by atoms with Crippen LogP contribution in [0.5, 0.6) is 0 Å². The molecule has 2 fully saturated rings. The van der Waals surface area contributed by atoms with Crippen LogP contribution in [0.2, 0.25) is 0 Å². The van der Waals surface area contributed by atoms with Crippen LogP contribution in [0, 0.1) is 6.92 Å². The molecule has 3 aromatic rings. The molecule has 0 saturated carbocycles. The van der Waals surface area contributed by atoms with Crippen LogP contribution in [-0.2, 0) is 16.1 Å². The van der Waals surface area contributed by atoms with Crippen molar-refractivity contribution in [3.8, 4) is 0 Å². The van der Waals surface area contributed by atoms with E-state index in [1.54, 1.807) is 18.9 Å². The van der Waals surface area contributed by atoms with Crippen molar-refractivity contribution in [1.82, 2.24) is 19.7 Å². The second kappa shape index (κ2) is 11.6. The molecule has 7 heteroatoms. The van der Waals surface area contributed by atoms with Gasteiger partial charge in [-0.2, -0.15) is 0 Å². The number of benzene rings is 2. The summed E-state index contributed by atoms with van der Waals surface area (Å²) in [7, 11) is 1.80. The lowest BCUT2D eigenvalue weighted by Crippen LogP contribution is -2.69. The Labute approximate surface area is 232 Å². The van der Waals surface area contributed by atoms with Crippen molar-refractivity contribution in [2.75, 3.05) is 33.2 Å². The minimum Gasteiger partial charge on any atom is -0.361 e. The van der Waals surface area contributed by atoms with Gasteiger partial charge in [0.2, 0.25) is 0 Å². The van der Waals surface area contributed by atoms with Gasteiger partial charge in [-0.1, -0.05) is 48.9 Å². The smallest absolute Gasteiger partial charge is 0.252 e. The number of para-hydroxylation sites is 1. The van der Waals surface area contributed by atoms with Crippen LogP contribution in [0.15, 0.2) is 54.7 Å². The van der Waals surface area contributed by atoms with Gasteiger partial charge in [-0.05, 0) is 75.4 Å². The Balaban J connectivity index is 1.51. The topological polar surface area (TPSA) is 85.7 Å². The fraction of sp³-hybridized carbons (Fsp3) is 0.500. The number of hydrogen-bond acceptors (Lipinski definition) is 5. The molecule has 2 unspecified atom stereocenters. The molecular formula is C32H43N5O2. The summed E-state index contributed by atoms with van der Waals surface area (Å²) in [6.07, 6.45) is 7.57. The molecule has 39 heavy (non-hydrogen) atoms. The number of nitrogens with zero attached hydrogens (tertiary/aromatic N) is 3. The number of likely N-dealkylation sites (N-methyl/N-ethyl adjacent to an activating group) is 1. The number of hydrogen-bond donors (Lipinski definition) is 2. The van der Waals surface area contributed by atoms with Crippen molar-refractivity contribution in [2.45, 2.75) is 70.1 Å². The van der Waals surface area contributed by atoms with E-state index in [1.165, 1.54) is 19.3 Å². The van der Waals surface area contributed by atoms with Crippen molar-refractivity contribution in [2.24, 2.45) is 5.73 Å². The zero-order valence-electron chi connectivity index (χ0n) is 23.7. The van der Waals surface area contributed by atoms with Crippen molar-refractivity contribution in [1.29, 1.82) is 0 Å². The average molecular weight is 530 g/mol. The molecule has 3 N–H and O–H groups in total. The largest absolute Gasteiger partial charge is 0.361 e. The number of rotatable bonds is 8. The van der Waals surface area contributed by atoms with Crippen LogP contribution in [-0.4, -0.2) is 76.2 Å². The van der Waals surface area contributed by atoms with Crippen LogP contribution in [0.4, 0.5) is 0 Å². The van der Waals surface area contributed by atoms with Crippen LogP contribution in [0.1, 0.15) is 61.8 Å². The van der Waals surface area contributed by atoms with E-state index in [0.29, 0.717) is 25.7 Å². The molecule has 1 amide bonds. The number of piperidine rings is 2. The SMILES string of the molecule is CC(=O)C(C(=O)N(C)Cc1ccccc1C)(C(N)c1c[nH]c2ccccc12)N1CCC(N2CCCCC2)CC1.